The monoisotopic (exact) mass is 252 g/mol. The molecule has 0 aromatic heterocycles. The van der Waals surface area contributed by atoms with Gasteiger partial charge in [0.2, 0.25) is 0 Å². The molecule has 5 aliphatic rings. The summed E-state index contributed by atoms with van der Waals surface area (Å²) in [7, 11) is 0. The van der Waals surface area contributed by atoms with Gasteiger partial charge in [0.15, 0.2) is 11.9 Å². The maximum absolute atomic E-state index is 11.7. The molecule has 1 heterocycles. The molecule has 4 heteroatoms. The fraction of sp³-hybridized carbons (Fsp3) is 0.929. The minimum atomic E-state index is -0.749. The van der Waals surface area contributed by atoms with Crippen molar-refractivity contribution in [2.75, 3.05) is 6.61 Å². The van der Waals surface area contributed by atoms with Gasteiger partial charge in [-0.15, -0.1) is 0 Å². The van der Waals surface area contributed by atoms with Crippen molar-refractivity contribution in [3.05, 3.63) is 0 Å². The van der Waals surface area contributed by atoms with Crippen LogP contribution in [0.25, 0.3) is 0 Å². The number of rotatable bonds is 2. The zero-order valence-corrected chi connectivity index (χ0v) is 10.6. The fourth-order valence-electron chi connectivity index (χ4n) is 5.54. The Hall–Kier alpha value is -0.450. The molecule has 4 saturated carbocycles. The summed E-state index contributed by atoms with van der Waals surface area (Å²) in [6.45, 7) is 0.459. The van der Waals surface area contributed by atoms with Gasteiger partial charge in [-0.3, -0.25) is 4.79 Å². The quantitative estimate of drug-likeness (QED) is 0.559. The first kappa shape index (κ1) is 11.4. The van der Waals surface area contributed by atoms with Crippen molar-refractivity contribution in [1.29, 1.82) is 0 Å². The van der Waals surface area contributed by atoms with E-state index in [0.717, 1.165) is 43.3 Å². The summed E-state index contributed by atoms with van der Waals surface area (Å²) in [6.07, 6.45) is 9.16. The lowest BCUT2D eigenvalue weighted by Crippen LogP contribution is -2.61. The van der Waals surface area contributed by atoms with Crippen molar-refractivity contribution < 1.29 is 19.6 Å². The zero-order chi connectivity index (χ0) is 12.2. The molecule has 100 valence electrons. The van der Waals surface area contributed by atoms with E-state index in [1.165, 1.54) is 19.3 Å². The lowest BCUT2D eigenvalue weighted by Gasteiger charge is -2.61. The smallest absolute Gasteiger partial charge is 0.169 e. The van der Waals surface area contributed by atoms with Crippen LogP contribution in [0.15, 0.2) is 0 Å². The average molecular weight is 252 g/mol. The van der Waals surface area contributed by atoms with Gasteiger partial charge in [-0.25, -0.2) is 4.89 Å². The third-order valence-corrected chi connectivity index (χ3v) is 5.91. The Kier molecular flexibility index (Phi) is 2.39. The first-order valence-electron chi connectivity index (χ1n) is 7.19. The van der Waals surface area contributed by atoms with Crippen LogP contribution >= 0.6 is 0 Å². The molecule has 0 N–H and O–H groups in total. The molecule has 0 amide bonds. The van der Waals surface area contributed by atoms with Gasteiger partial charge in [-0.2, -0.15) is 4.89 Å². The third kappa shape index (κ3) is 1.40. The van der Waals surface area contributed by atoms with Gasteiger partial charge < -0.3 is 0 Å². The van der Waals surface area contributed by atoms with Crippen molar-refractivity contribution >= 4 is 6.29 Å². The predicted molar refractivity (Wildman–Crippen MR) is 62.1 cm³/mol. The minimum absolute atomic E-state index is 0.0211. The first-order chi connectivity index (χ1) is 8.75. The largest absolute Gasteiger partial charge is 0.300 e. The molecule has 1 atom stereocenters. The van der Waals surface area contributed by atoms with Crippen molar-refractivity contribution in [3.8, 4) is 0 Å². The third-order valence-electron chi connectivity index (χ3n) is 5.91. The Morgan fingerprint density at radius 1 is 1.00 bits per heavy atom. The summed E-state index contributed by atoms with van der Waals surface area (Å²) in [4.78, 5) is 22.0. The zero-order valence-electron chi connectivity index (χ0n) is 10.6. The molecule has 1 unspecified atom stereocenters. The highest BCUT2D eigenvalue weighted by atomic mass is 17.5. The lowest BCUT2D eigenvalue weighted by molar-refractivity contribution is -0.572. The van der Waals surface area contributed by atoms with Crippen molar-refractivity contribution in [2.24, 2.45) is 23.2 Å². The number of hydrogen-bond donors (Lipinski definition) is 0. The van der Waals surface area contributed by atoms with E-state index in [2.05, 4.69) is 0 Å². The van der Waals surface area contributed by atoms with Crippen molar-refractivity contribution in [3.63, 3.8) is 0 Å². The fourth-order valence-corrected chi connectivity index (χ4v) is 5.54. The Morgan fingerprint density at radius 2 is 1.61 bits per heavy atom. The molecule has 0 aromatic carbocycles. The van der Waals surface area contributed by atoms with Gasteiger partial charge in [0.1, 0.15) is 0 Å². The average Bonchev–Trinajstić information content (AvgIpc) is 2.38. The number of carbonyl (C=O) groups excluding carboxylic acids is 1. The standard InChI is InChI=1S/C14H20O4/c15-9-14(1-2-16-18-17-14)13-6-10-3-11(7-13)5-12(4-10)8-13/h9-12H,1-8H2. The van der Waals surface area contributed by atoms with E-state index >= 15 is 0 Å². The SMILES string of the molecule is O=CC1(C23CC4CC(CC(C4)C2)C3)CCOOO1. The number of carbonyl (C=O) groups is 1. The molecule has 0 spiro atoms. The summed E-state index contributed by atoms with van der Waals surface area (Å²) < 4.78 is 0. The molecule has 4 bridgehead atoms. The van der Waals surface area contributed by atoms with Crippen LogP contribution in [0.4, 0.5) is 0 Å². The lowest BCUT2D eigenvalue weighted by atomic mass is 9.45. The Balaban J connectivity index is 1.71. The Labute approximate surface area is 107 Å². The predicted octanol–water partition coefficient (Wildman–Crippen LogP) is 2.42. The molecule has 5 fully saturated rings. The van der Waals surface area contributed by atoms with E-state index in [9.17, 15) is 4.79 Å². The molecule has 1 aliphatic heterocycles. The maximum Gasteiger partial charge on any atom is 0.169 e. The van der Waals surface area contributed by atoms with Crippen molar-refractivity contribution in [2.45, 2.75) is 50.5 Å². The highest BCUT2D eigenvalue weighted by Gasteiger charge is 2.62. The molecule has 4 aliphatic carbocycles. The number of hydrogen-bond acceptors (Lipinski definition) is 4. The highest BCUT2D eigenvalue weighted by Crippen LogP contribution is 2.64. The van der Waals surface area contributed by atoms with E-state index in [4.69, 9.17) is 14.8 Å². The molecular formula is C14H20O4. The van der Waals surface area contributed by atoms with Crippen LogP contribution in [0.3, 0.4) is 0 Å². The molecule has 0 radical (unpaired) electrons. The molecule has 4 nitrogen and oxygen atoms in total. The second-order valence-corrected chi connectivity index (χ2v) is 6.93. The summed E-state index contributed by atoms with van der Waals surface area (Å²) in [6, 6.07) is 0. The minimum Gasteiger partial charge on any atom is -0.300 e. The van der Waals surface area contributed by atoms with Crippen molar-refractivity contribution in [1.82, 2.24) is 0 Å². The number of aldehydes is 1. The summed E-state index contributed by atoms with van der Waals surface area (Å²) in [5, 5.41) is 4.73. The second kappa shape index (κ2) is 3.78. The topological polar surface area (TPSA) is 44.8 Å². The normalized spacial score (nSPS) is 54.6. The second-order valence-electron chi connectivity index (χ2n) is 6.93. The van der Waals surface area contributed by atoms with Crippen LogP contribution in [-0.2, 0) is 19.6 Å². The van der Waals surface area contributed by atoms with Gasteiger partial charge in [0, 0.05) is 11.8 Å². The molecule has 0 aromatic rings. The van der Waals surface area contributed by atoms with Crippen LogP contribution in [-0.4, -0.2) is 18.5 Å². The van der Waals surface area contributed by atoms with Gasteiger partial charge in [-0.1, -0.05) is 5.04 Å². The van der Waals surface area contributed by atoms with Gasteiger partial charge in [0.05, 0.1) is 6.61 Å². The van der Waals surface area contributed by atoms with Gasteiger partial charge >= 0.3 is 0 Å². The van der Waals surface area contributed by atoms with E-state index in [-0.39, 0.29) is 5.41 Å². The van der Waals surface area contributed by atoms with Crippen LogP contribution in [0.2, 0.25) is 0 Å². The van der Waals surface area contributed by atoms with E-state index in [1.54, 1.807) is 0 Å². The van der Waals surface area contributed by atoms with E-state index < -0.39 is 5.60 Å². The Bertz CT molecular complexity index is 324. The molecule has 1 saturated heterocycles. The molecule has 5 rings (SSSR count). The van der Waals surface area contributed by atoms with Crippen LogP contribution < -0.4 is 0 Å². The Morgan fingerprint density at radius 3 is 2.06 bits per heavy atom. The molecular weight excluding hydrogens is 232 g/mol. The van der Waals surface area contributed by atoms with Crippen LogP contribution in [0, 0.1) is 23.2 Å². The highest BCUT2D eigenvalue weighted by molar-refractivity contribution is 5.65. The summed E-state index contributed by atoms with van der Waals surface area (Å²) in [5.74, 6) is 2.42. The summed E-state index contributed by atoms with van der Waals surface area (Å²) >= 11 is 0. The maximum atomic E-state index is 11.7. The van der Waals surface area contributed by atoms with Crippen LogP contribution in [0.1, 0.15) is 44.9 Å². The van der Waals surface area contributed by atoms with Gasteiger partial charge in [-0.05, 0) is 56.3 Å². The first-order valence-corrected chi connectivity index (χ1v) is 7.19. The van der Waals surface area contributed by atoms with E-state index in [0.29, 0.717) is 13.0 Å². The summed E-state index contributed by atoms with van der Waals surface area (Å²) in [5.41, 5.74) is -0.728. The van der Waals surface area contributed by atoms with Crippen LogP contribution in [0.5, 0.6) is 0 Å². The molecule has 18 heavy (non-hydrogen) atoms. The van der Waals surface area contributed by atoms with E-state index in [1.807, 2.05) is 0 Å². The van der Waals surface area contributed by atoms with Gasteiger partial charge in [0.25, 0.3) is 0 Å².